The van der Waals surface area contributed by atoms with Crippen LogP contribution in [-0.4, -0.2) is 36.0 Å². The number of carbonyl (C=O) groups excluding carboxylic acids is 2. The zero-order valence-electron chi connectivity index (χ0n) is 13.0. The van der Waals surface area contributed by atoms with Crippen LogP contribution < -0.4 is 5.32 Å². The van der Waals surface area contributed by atoms with Gasteiger partial charge in [0.15, 0.2) is 0 Å². The Hall–Kier alpha value is -2.05. The van der Waals surface area contributed by atoms with Gasteiger partial charge in [0.2, 0.25) is 5.91 Å². The number of alkyl halides is 3. The molecule has 2 rings (SSSR count). The Morgan fingerprint density at radius 1 is 1.13 bits per heavy atom. The first-order valence-electron chi connectivity index (χ1n) is 7.43. The number of rotatable bonds is 2. The summed E-state index contributed by atoms with van der Waals surface area (Å²) in [5, 5.41) is 2.86. The molecule has 0 atom stereocenters. The SMILES string of the molecule is Cc1cccc(C)c1NC(=O)C1CCN(C(=O)C(F)(F)F)CC1. The molecule has 1 aromatic rings. The first-order chi connectivity index (χ1) is 10.7. The largest absolute Gasteiger partial charge is 0.471 e. The highest BCUT2D eigenvalue weighted by Gasteiger charge is 2.43. The summed E-state index contributed by atoms with van der Waals surface area (Å²) < 4.78 is 37.2. The molecule has 2 amide bonds. The molecule has 1 saturated heterocycles. The van der Waals surface area contributed by atoms with Gasteiger partial charge in [0, 0.05) is 24.7 Å². The molecule has 0 aromatic heterocycles. The van der Waals surface area contributed by atoms with Crippen LogP contribution in [0.4, 0.5) is 18.9 Å². The molecule has 0 unspecified atom stereocenters. The summed E-state index contributed by atoms with van der Waals surface area (Å²) in [7, 11) is 0. The number of aryl methyl sites for hydroxylation is 2. The number of nitrogens with one attached hydrogen (secondary N) is 1. The fourth-order valence-electron chi connectivity index (χ4n) is 2.76. The molecule has 1 fully saturated rings. The molecule has 1 heterocycles. The van der Waals surface area contributed by atoms with Gasteiger partial charge in [-0.3, -0.25) is 9.59 Å². The second kappa shape index (κ2) is 6.60. The van der Waals surface area contributed by atoms with E-state index in [0.29, 0.717) is 0 Å². The number of likely N-dealkylation sites (tertiary alicyclic amines) is 1. The van der Waals surface area contributed by atoms with Gasteiger partial charge in [-0.15, -0.1) is 0 Å². The number of anilines is 1. The molecule has 4 nitrogen and oxygen atoms in total. The first-order valence-corrected chi connectivity index (χ1v) is 7.43. The third kappa shape index (κ3) is 4.03. The number of piperidine rings is 1. The van der Waals surface area contributed by atoms with E-state index < -0.39 is 12.1 Å². The normalized spacial score (nSPS) is 16.3. The lowest BCUT2D eigenvalue weighted by molar-refractivity contribution is -0.186. The van der Waals surface area contributed by atoms with Crippen molar-refractivity contribution >= 4 is 17.5 Å². The summed E-state index contributed by atoms with van der Waals surface area (Å²) in [5.41, 5.74) is 2.61. The summed E-state index contributed by atoms with van der Waals surface area (Å²) in [5.74, 6) is -2.42. The van der Waals surface area contributed by atoms with Gasteiger partial charge >= 0.3 is 12.1 Å². The third-order valence-corrected chi connectivity index (χ3v) is 4.12. The van der Waals surface area contributed by atoms with Crippen molar-refractivity contribution in [2.24, 2.45) is 5.92 Å². The lowest BCUT2D eigenvalue weighted by Crippen LogP contribution is -2.46. The Bertz CT molecular complexity index is 586. The van der Waals surface area contributed by atoms with Crippen LogP contribution >= 0.6 is 0 Å². The summed E-state index contributed by atoms with van der Waals surface area (Å²) in [6, 6.07) is 5.65. The van der Waals surface area contributed by atoms with Crippen molar-refractivity contribution in [2.45, 2.75) is 32.9 Å². The molecule has 7 heteroatoms. The minimum absolute atomic E-state index is 0.0524. The minimum Gasteiger partial charge on any atom is -0.335 e. The molecule has 1 aliphatic heterocycles. The van der Waals surface area contributed by atoms with E-state index in [1.54, 1.807) is 0 Å². The van der Waals surface area contributed by atoms with Gasteiger partial charge < -0.3 is 10.2 Å². The standard InChI is InChI=1S/C16H19F3N2O2/c1-10-4-3-5-11(2)13(10)20-14(22)12-6-8-21(9-7-12)15(23)16(17,18)19/h3-5,12H,6-9H2,1-2H3,(H,20,22). The minimum atomic E-state index is -4.85. The number of hydrogen-bond donors (Lipinski definition) is 1. The monoisotopic (exact) mass is 328 g/mol. The number of amides is 2. The van der Waals surface area contributed by atoms with Crippen LogP contribution in [0, 0.1) is 19.8 Å². The average molecular weight is 328 g/mol. The highest BCUT2D eigenvalue weighted by Crippen LogP contribution is 2.26. The topological polar surface area (TPSA) is 49.4 Å². The van der Waals surface area contributed by atoms with Gasteiger partial charge in [0.05, 0.1) is 0 Å². The molecular weight excluding hydrogens is 309 g/mol. The lowest BCUT2D eigenvalue weighted by atomic mass is 9.95. The molecule has 1 aliphatic rings. The van der Waals surface area contributed by atoms with E-state index in [-0.39, 0.29) is 37.8 Å². The quantitative estimate of drug-likeness (QED) is 0.907. The van der Waals surface area contributed by atoms with Crippen LogP contribution in [0.5, 0.6) is 0 Å². The number of para-hydroxylation sites is 1. The van der Waals surface area contributed by atoms with Crippen LogP contribution in [0.3, 0.4) is 0 Å². The predicted octanol–water partition coefficient (Wildman–Crippen LogP) is 3.04. The third-order valence-electron chi connectivity index (χ3n) is 4.12. The fourth-order valence-corrected chi connectivity index (χ4v) is 2.76. The zero-order chi connectivity index (χ0) is 17.2. The number of benzene rings is 1. The Morgan fingerprint density at radius 2 is 1.65 bits per heavy atom. The highest BCUT2D eigenvalue weighted by molar-refractivity contribution is 5.94. The maximum Gasteiger partial charge on any atom is 0.471 e. The summed E-state index contributed by atoms with van der Waals surface area (Å²) >= 11 is 0. The van der Waals surface area contributed by atoms with E-state index in [1.807, 2.05) is 32.0 Å². The molecule has 0 saturated carbocycles. The molecule has 0 aliphatic carbocycles. The van der Waals surface area contributed by atoms with Crippen molar-refractivity contribution in [3.8, 4) is 0 Å². The van der Waals surface area contributed by atoms with Crippen LogP contribution in [0.15, 0.2) is 18.2 Å². The Balaban J connectivity index is 1.95. The van der Waals surface area contributed by atoms with Crippen molar-refractivity contribution in [3.05, 3.63) is 29.3 Å². The molecule has 0 bridgehead atoms. The highest BCUT2D eigenvalue weighted by atomic mass is 19.4. The molecule has 1 aromatic carbocycles. The molecule has 1 N–H and O–H groups in total. The average Bonchev–Trinajstić information content (AvgIpc) is 2.49. The second-order valence-corrected chi connectivity index (χ2v) is 5.82. The van der Waals surface area contributed by atoms with Gasteiger partial charge in [-0.05, 0) is 37.8 Å². The van der Waals surface area contributed by atoms with Gasteiger partial charge in [0.1, 0.15) is 0 Å². The predicted molar refractivity (Wildman–Crippen MR) is 79.9 cm³/mol. The Morgan fingerprint density at radius 3 is 2.13 bits per heavy atom. The first kappa shape index (κ1) is 17.3. The van der Waals surface area contributed by atoms with Crippen LogP contribution in [-0.2, 0) is 9.59 Å². The molecule has 23 heavy (non-hydrogen) atoms. The van der Waals surface area contributed by atoms with Crippen LogP contribution in [0.1, 0.15) is 24.0 Å². The zero-order valence-corrected chi connectivity index (χ0v) is 13.0. The lowest BCUT2D eigenvalue weighted by Gasteiger charge is -2.31. The van der Waals surface area contributed by atoms with Crippen LogP contribution in [0.2, 0.25) is 0 Å². The van der Waals surface area contributed by atoms with Gasteiger partial charge in [-0.25, -0.2) is 0 Å². The van der Waals surface area contributed by atoms with Crippen LogP contribution in [0.25, 0.3) is 0 Å². The molecule has 126 valence electrons. The van der Waals surface area contributed by atoms with E-state index >= 15 is 0 Å². The summed E-state index contributed by atoms with van der Waals surface area (Å²) in [4.78, 5) is 24.3. The fraction of sp³-hybridized carbons (Fsp3) is 0.500. The van der Waals surface area contributed by atoms with Crippen molar-refractivity contribution < 1.29 is 22.8 Å². The van der Waals surface area contributed by atoms with Crippen molar-refractivity contribution in [2.75, 3.05) is 18.4 Å². The van der Waals surface area contributed by atoms with E-state index in [2.05, 4.69) is 5.32 Å². The van der Waals surface area contributed by atoms with Crippen molar-refractivity contribution in [3.63, 3.8) is 0 Å². The Kier molecular flexibility index (Phi) is 4.97. The van der Waals surface area contributed by atoms with Gasteiger partial charge in [-0.2, -0.15) is 13.2 Å². The summed E-state index contributed by atoms with van der Waals surface area (Å²) in [6.07, 6.45) is -4.38. The summed E-state index contributed by atoms with van der Waals surface area (Å²) in [6.45, 7) is 3.66. The molecule has 0 radical (unpaired) electrons. The van der Waals surface area contributed by atoms with E-state index in [4.69, 9.17) is 0 Å². The number of hydrogen-bond acceptors (Lipinski definition) is 2. The number of nitrogens with zero attached hydrogens (tertiary/aromatic N) is 1. The maximum atomic E-state index is 12.4. The van der Waals surface area contributed by atoms with Crippen molar-refractivity contribution in [1.82, 2.24) is 4.90 Å². The van der Waals surface area contributed by atoms with E-state index in [9.17, 15) is 22.8 Å². The molecule has 0 spiro atoms. The number of halogens is 3. The maximum absolute atomic E-state index is 12.4. The van der Waals surface area contributed by atoms with Crippen molar-refractivity contribution in [1.29, 1.82) is 0 Å². The molecular formula is C16H19F3N2O2. The van der Waals surface area contributed by atoms with Gasteiger partial charge in [0.25, 0.3) is 0 Å². The Labute approximate surface area is 132 Å². The number of carbonyl (C=O) groups is 2. The smallest absolute Gasteiger partial charge is 0.335 e. The second-order valence-electron chi connectivity index (χ2n) is 5.82. The van der Waals surface area contributed by atoms with E-state index in [1.165, 1.54) is 0 Å². The van der Waals surface area contributed by atoms with E-state index in [0.717, 1.165) is 21.7 Å². The van der Waals surface area contributed by atoms with Gasteiger partial charge in [-0.1, -0.05) is 18.2 Å².